The molecule has 5 nitrogen and oxygen atoms in total. The van der Waals surface area contributed by atoms with Gasteiger partial charge in [0.1, 0.15) is 12.4 Å². The molecule has 1 amide bonds. The summed E-state index contributed by atoms with van der Waals surface area (Å²) in [6, 6.07) is 15.0. The highest BCUT2D eigenvalue weighted by Crippen LogP contribution is 2.12. The van der Waals surface area contributed by atoms with E-state index in [9.17, 15) is 4.79 Å². The number of amides is 1. The monoisotopic (exact) mass is 281 g/mol. The number of carbonyl (C=O) groups excluding carboxylic acids is 1. The molecule has 0 spiro atoms. The van der Waals surface area contributed by atoms with Gasteiger partial charge in [-0.25, -0.2) is 0 Å². The molecule has 21 heavy (non-hydrogen) atoms. The summed E-state index contributed by atoms with van der Waals surface area (Å²) >= 11 is 0. The average Bonchev–Trinajstić information content (AvgIpc) is 3.00. The van der Waals surface area contributed by atoms with Crippen LogP contribution in [0.3, 0.4) is 0 Å². The van der Waals surface area contributed by atoms with Crippen molar-refractivity contribution < 1.29 is 9.53 Å². The normalized spacial score (nSPS) is 10.5. The minimum Gasteiger partial charge on any atom is -0.492 e. The molecular formula is C16H15N3O2. The Hall–Kier alpha value is -2.82. The van der Waals surface area contributed by atoms with Crippen molar-refractivity contribution in [2.75, 3.05) is 13.2 Å². The summed E-state index contributed by atoms with van der Waals surface area (Å²) in [5.74, 6) is 0.675. The van der Waals surface area contributed by atoms with E-state index in [2.05, 4.69) is 15.5 Å². The van der Waals surface area contributed by atoms with E-state index in [4.69, 9.17) is 4.74 Å². The Balaban J connectivity index is 1.52. The molecular weight excluding hydrogens is 266 g/mol. The summed E-state index contributed by atoms with van der Waals surface area (Å²) < 4.78 is 5.52. The molecule has 0 fully saturated rings. The van der Waals surface area contributed by atoms with Gasteiger partial charge in [-0.3, -0.25) is 9.89 Å². The highest BCUT2D eigenvalue weighted by molar-refractivity contribution is 5.97. The Labute approximate surface area is 121 Å². The van der Waals surface area contributed by atoms with E-state index in [0.717, 1.165) is 16.7 Å². The highest BCUT2D eigenvalue weighted by atomic mass is 16.5. The van der Waals surface area contributed by atoms with E-state index in [1.165, 1.54) is 0 Å². The molecule has 2 aromatic carbocycles. The Kier molecular flexibility index (Phi) is 3.82. The third kappa shape index (κ3) is 3.20. The number of rotatable bonds is 5. The van der Waals surface area contributed by atoms with Crippen LogP contribution >= 0.6 is 0 Å². The highest BCUT2D eigenvalue weighted by Gasteiger charge is 2.06. The van der Waals surface area contributed by atoms with Crippen LogP contribution < -0.4 is 10.1 Å². The molecule has 0 aliphatic heterocycles. The van der Waals surface area contributed by atoms with Crippen LogP contribution in [-0.4, -0.2) is 29.3 Å². The van der Waals surface area contributed by atoms with Crippen molar-refractivity contribution in [3.05, 3.63) is 60.3 Å². The van der Waals surface area contributed by atoms with E-state index >= 15 is 0 Å². The predicted octanol–water partition coefficient (Wildman–Crippen LogP) is 2.37. The second-order valence-corrected chi connectivity index (χ2v) is 4.59. The number of hydrogen-bond acceptors (Lipinski definition) is 3. The third-order valence-corrected chi connectivity index (χ3v) is 3.10. The van der Waals surface area contributed by atoms with Gasteiger partial charge in [0.05, 0.1) is 18.3 Å². The van der Waals surface area contributed by atoms with Gasteiger partial charge in [0.25, 0.3) is 5.91 Å². The van der Waals surface area contributed by atoms with Crippen LogP contribution in [-0.2, 0) is 0 Å². The number of aromatic nitrogens is 2. The van der Waals surface area contributed by atoms with Crippen LogP contribution in [0.5, 0.6) is 5.75 Å². The minimum atomic E-state index is -0.122. The topological polar surface area (TPSA) is 67.0 Å². The van der Waals surface area contributed by atoms with Crippen molar-refractivity contribution in [1.29, 1.82) is 0 Å². The van der Waals surface area contributed by atoms with Gasteiger partial charge in [-0.05, 0) is 24.3 Å². The number of hydrogen-bond donors (Lipinski definition) is 2. The summed E-state index contributed by atoms with van der Waals surface area (Å²) in [6.45, 7) is 0.886. The number of aromatic amines is 1. The van der Waals surface area contributed by atoms with Crippen LogP contribution in [0, 0.1) is 0 Å². The Morgan fingerprint density at radius 1 is 1.19 bits per heavy atom. The molecule has 0 saturated carbocycles. The smallest absolute Gasteiger partial charge is 0.251 e. The first kappa shape index (κ1) is 13.2. The first-order valence-corrected chi connectivity index (χ1v) is 6.72. The zero-order valence-corrected chi connectivity index (χ0v) is 11.4. The number of ether oxygens (including phenoxy) is 1. The molecule has 0 atom stereocenters. The molecule has 0 saturated heterocycles. The zero-order valence-electron chi connectivity index (χ0n) is 11.4. The number of benzene rings is 2. The third-order valence-electron chi connectivity index (χ3n) is 3.10. The Morgan fingerprint density at radius 2 is 2.05 bits per heavy atom. The van der Waals surface area contributed by atoms with E-state index in [0.29, 0.717) is 18.7 Å². The van der Waals surface area contributed by atoms with Crippen molar-refractivity contribution in [2.45, 2.75) is 0 Å². The number of nitrogens with zero attached hydrogens (tertiary/aromatic N) is 1. The fraction of sp³-hybridized carbons (Fsp3) is 0.125. The zero-order chi connectivity index (χ0) is 14.5. The molecule has 1 heterocycles. The lowest BCUT2D eigenvalue weighted by Gasteiger charge is -2.07. The van der Waals surface area contributed by atoms with E-state index in [1.54, 1.807) is 18.3 Å². The van der Waals surface area contributed by atoms with Crippen LogP contribution in [0.25, 0.3) is 10.9 Å². The Bertz CT molecular complexity index is 737. The number of fused-ring (bicyclic) bond motifs is 1. The second-order valence-electron chi connectivity index (χ2n) is 4.59. The van der Waals surface area contributed by atoms with E-state index in [1.807, 2.05) is 36.4 Å². The molecule has 1 aromatic heterocycles. The first-order valence-electron chi connectivity index (χ1n) is 6.72. The molecule has 0 aliphatic carbocycles. The largest absolute Gasteiger partial charge is 0.492 e. The summed E-state index contributed by atoms with van der Waals surface area (Å²) in [4.78, 5) is 12.0. The van der Waals surface area contributed by atoms with Crippen LogP contribution in [0.4, 0.5) is 0 Å². The maximum atomic E-state index is 12.0. The van der Waals surface area contributed by atoms with Gasteiger partial charge in [-0.2, -0.15) is 5.10 Å². The lowest BCUT2D eigenvalue weighted by molar-refractivity contribution is 0.0947. The van der Waals surface area contributed by atoms with Crippen LogP contribution in [0.1, 0.15) is 10.4 Å². The second kappa shape index (κ2) is 6.09. The Morgan fingerprint density at radius 3 is 2.90 bits per heavy atom. The van der Waals surface area contributed by atoms with E-state index < -0.39 is 0 Å². The molecule has 2 N–H and O–H groups in total. The predicted molar refractivity (Wildman–Crippen MR) is 80.4 cm³/mol. The fourth-order valence-corrected chi connectivity index (χ4v) is 2.03. The maximum Gasteiger partial charge on any atom is 0.251 e. The number of nitrogens with one attached hydrogen (secondary N) is 2. The number of para-hydroxylation sites is 1. The van der Waals surface area contributed by atoms with Crippen molar-refractivity contribution >= 4 is 16.8 Å². The summed E-state index contributed by atoms with van der Waals surface area (Å²) in [6.07, 6.45) is 1.73. The summed E-state index contributed by atoms with van der Waals surface area (Å²) in [5, 5.41) is 10.6. The molecule has 0 aliphatic rings. The number of carbonyl (C=O) groups is 1. The standard InChI is InChI=1S/C16H15N3O2/c20-16(12-6-7-13-11-18-19-15(13)10-12)17-8-9-21-14-4-2-1-3-5-14/h1-7,10-11H,8-9H2,(H,17,20)(H,18,19). The van der Waals surface area contributed by atoms with Crippen molar-refractivity contribution in [3.63, 3.8) is 0 Å². The molecule has 3 rings (SSSR count). The van der Waals surface area contributed by atoms with E-state index in [-0.39, 0.29) is 5.91 Å². The summed E-state index contributed by atoms with van der Waals surface area (Å²) in [5.41, 5.74) is 1.45. The maximum absolute atomic E-state index is 12.0. The lowest BCUT2D eigenvalue weighted by Crippen LogP contribution is -2.28. The molecule has 0 bridgehead atoms. The quantitative estimate of drug-likeness (QED) is 0.706. The minimum absolute atomic E-state index is 0.122. The van der Waals surface area contributed by atoms with Gasteiger partial charge < -0.3 is 10.1 Å². The summed E-state index contributed by atoms with van der Waals surface area (Å²) in [7, 11) is 0. The fourth-order valence-electron chi connectivity index (χ4n) is 2.03. The van der Waals surface area contributed by atoms with Crippen molar-refractivity contribution in [3.8, 4) is 5.75 Å². The first-order chi connectivity index (χ1) is 10.3. The van der Waals surface area contributed by atoms with Crippen LogP contribution in [0.15, 0.2) is 54.7 Å². The van der Waals surface area contributed by atoms with Gasteiger partial charge in [0, 0.05) is 10.9 Å². The lowest BCUT2D eigenvalue weighted by atomic mass is 10.1. The molecule has 0 radical (unpaired) electrons. The van der Waals surface area contributed by atoms with Gasteiger partial charge in [0.2, 0.25) is 0 Å². The number of H-pyrrole nitrogens is 1. The van der Waals surface area contributed by atoms with Crippen LogP contribution in [0.2, 0.25) is 0 Å². The van der Waals surface area contributed by atoms with Gasteiger partial charge in [-0.1, -0.05) is 24.3 Å². The molecule has 5 heteroatoms. The van der Waals surface area contributed by atoms with Gasteiger partial charge in [-0.15, -0.1) is 0 Å². The SMILES string of the molecule is O=C(NCCOc1ccccc1)c1ccc2cn[nH]c2c1. The van der Waals surface area contributed by atoms with Crippen molar-refractivity contribution in [1.82, 2.24) is 15.5 Å². The van der Waals surface area contributed by atoms with Gasteiger partial charge in [0.15, 0.2) is 0 Å². The van der Waals surface area contributed by atoms with Crippen molar-refractivity contribution in [2.24, 2.45) is 0 Å². The van der Waals surface area contributed by atoms with Gasteiger partial charge >= 0.3 is 0 Å². The molecule has 106 valence electrons. The average molecular weight is 281 g/mol. The molecule has 3 aromatic rings. The molecule has 0 unspecified atom stereocenters.